The van der Waals surface area contributed by atoms with Crippen LogP contribution in [0.1, 0.15) is 12.7 Å². The van der Waals surface area contributed by atoms with Gasteiger partial charge in [0, 0.05) is 17.6 Å². The molecule has 1 aromatic carbocycles. The van der Waals surface area contributed by atoms with Crippen LogP contribution >= 0.6 is 11.6 Å². The van der Waals surface area contributed by atoms with E-state index < -0.39 is 0 Å². The number of aryl methyl sites for hydroxylation is 1. The second-order valence-corrected chi connectivity index (χ2v) is 5.71. The van der Waals surface area contributed by atoms with E-state index >= 15 is 0 Å². The van der Waals surface area contributed by atoms with Crippen LogP contribution in [-0.2, 0) is 4.79 Å². The summed E-state index contributed by atoms with van der Waals surface area (Å²) in [6.45, 7) is 4.64. The van der Waals surface area contributed by atoms with Crippen LogP contribution in [0.4, 0.5) is 5.82 Å². The fourth-order valence-electron chi connectivity index (χ4n) is 1.91. The molecule has 23 heavy (non-hydrogen) atoms. The van der Waals surface area contributed by atoms with Crippen molar-refractivity contribution in [2.45, 2.75) is 19.9 Å². The molecule has 0 saturated heterocycles. The predicted molar refractivity (Wildman–Crippen MR) is 88.9 cm³/mol. The number of anilines is 1. The van der Waals surface area contributed by atoms with E-state index in [0.717, 1.165) is 0 Å². The van der Waals surface area contributed by atoms with Crippen molar-refractivity contribution < 1.29 is 14.1 Å². The molecule has 1 heterocycles. The van der Waals surface area contributed by atoms with Crippen molar-refractivity contribution in [2.75, 3.05) is 25.5 Å². The number of rotatable bonds is 7. The molecule has 124 valence electrons. The second kappa shape index (κ2) is 7.99. The first-order valence-corrected chi connectivity index (χ1v) is 7.66. The zero-order chi connectivity index (χ0) is 16.8. The Morgan fingerprint density at radius 2 is 2.26 bits per heavy atom. The average molecular weight is 338 g/mol. The molecule has 1 atom stereocenters. The Morgan fingerprint density at radius 3 is 2.91 bits per heavy atom. The van der Waals surface area contributed by atoms with E-state index in [1.165, 1.54) is 0 Å². The molecule has 2 rings (SSSR count). The van der Waals surface area contributed by atoms with Gasteiger partial charge in [0.05, 0.1) is 6.04 Å². The van der Waals surface area contributed by atoms with Crippen LogP contribution in [0.2, 0.25) is 5.02 Å². The molecule has 1 unspecified atom stereocenters. The summed E-state index contributed by atoms with van der Waals surface area (Å²) in [6, 6.07) is 8.57. The molecule has 0 spiro atoms. The van der Waals surface area contributed by atoms with Gasteiger partial charge in [0.1, 0.15) is 18.1 Å². The zero-order valence-electron chi connectivity index (χ0n) is 13.4. The smallest absolute Gasteiger partial charge is 0.242 e. The highest BCUT2D eigenvalue weighted by Gasteiger charge is 2.19. The minimum atomic E-state index is -0.324. The third kappa shape index (κ3) is 5.26. The van der Waals surface area contributed by atoms with Crippen molar-refractivity contribution in [2.24, 2.45) is 0 Å². The lowest BCUT2D eigenvalue weighted by molar-refractivity contribution is -0.120. The zero-order valence-corrected chi connectivity index (χ0v) is 14.1. The quantitative estimate of drug-likeness (QED) is 0.841. The van der Waals surface area contributed by atoms with E-state index in [1.54, 1.807) is 25.1 Å². The maximum Gasteiger partial charge on any atom is 0.242 e. The van der Waals surface area contributed by atoms with Crippen molar-refractivity contribution in [3.63, 3.8) is 0 Å². The summed E-state index contributed by atoms with van der Waals surface area (Å²) in [7, 11) is 1.86. The molecule has 0 aliphatic carbocycles. The van der Waals surface area contributed by atoms with Crippen LogP contribution in [0.3, 0.4) is 0 Å². The van der Waals surface area contributed by atoms with Crippen molar-refractivity contribution in [3.8, 4) is 5.75 Å². The minimum Gasteiger partial charge on any atom is -0.492 e. The molecule has 0 bridgehead atoms. The Hall–Kier alpha value is -2.05. The Bertz CT molecular complexity index is 660. The first kappa shape index (κ1) is 17.3. The number of ether oxygens (including phenoxy) is 1. The molecular formula is C16H20ClN3O3. The summed E-state index contributed by atoms with van der Waals surface area (Å²) in [4.78, 5) is 14.0. The third-order valence-corrected chi connectivity index (χ3v) is 3.66. The summed E-state index contributed by atoms with van der Waals surface area (Å²) < 4.78 is 10.5. The van der Waals surface area contributed by atoms with Crippen LogP contribution in [0, 0.1) is 6.92 Å². The van der Waals surface area contributed by atoms with Gasteiger partial charge < -0.3 is 14.6 Å². The first-order valence-electron chi connectivity index (χ1n) is 7.28. The van der Waals surface area contributed by atoms with Crippen molar-refractivity contribution in [3.05, 3.63) is 41.1 Å². The molecule has 0 aliphatic rings. The maximum absolute atomic E-state index is 12.1. The number of nitrogens with one attached hydrogen (secondary N) is 1. The van der Waals surface area contributed by atoms with Crippen molar-refractivity contribution in [1.82, 2.24) is 10.1 Å². The van der Waals surface area contributed by atoms with Gasteiger partial charge in [0.2, 0.25) is 5.91 Å². The van der Waals surface area contributed by atoms with Crippen LogP contribution in [-0.4, -0.2) is 42.2 Å². The Kier molecular flexibility index (Phi) is 6.01. The first-order chi connectivity index (χ1) is 11.0. The van der Waals surface area contributed by atoms with Crippen LogP contribution in [0.25, 0.3) is 0 Å². The van der Waals surface area contributed by atoms with E-state index in [-0.39, 0.29) is 11.9 Å². The van der Waals surface area contributed by atoms with Gasteiger partial charge >= 0.3 is 0 Å². The number of hydrogen-bond donors (Lipinski definition) is 1. The number of carbonyl (C=O) groups is 1. The Labute approximate surface area is 140 Å². The number of amides is 1. The highest BCUT2D eigenvalue weighted by Crippen LogP contribution is 2.17. The molecule has 1 amide bonds. The summed E-state index contributed by atoms with van der Waals surface area (Å²) in [5.74, 6) is 1.63. The van der Waals surface area contributed by atoms with E-state index in [1.807, 2.05) is 31.0 Å². The molecule has 7 heteroatoms. The summed E-state index contributed by atoms with van der Waals surface area (Å²) >= 11 is 5.90. The van der Waals surface area contributed by atoms with Crippen molar-refractivity contribution >= 4 is 23.3 Å². The van der Waals surface area contributed by atoms with Gasteiger partial charge in [-0.05, 0) is 39.1 Å². The topological polar surface area (TPSA) is 67.6 Å². The lowest BCUT2D eigenvalue weighted by atomic mass is 10.2. The standard InChI is InChI=1S/C16H20ClN3O3/c1-11-9-15(19-23-11)18-16(21)12(2)20(3)7-8-22-14-6-4-5-13(17)10-14/h4-6,9-10,12H,7-8H2,1-3H3,(H,18,19,21). The second-order valence-electron chi connectivity index (χ2n) is 5.27. The van der Waals surface area contributed by atoms with Gasteiger partial charge in [-0.25, -0.2) is 0 Å². The normalized spacial score (nSPS) is 12.2. The van der Waals surface area contributed by atoms with Gasteiger partial charge in [-0.1, -0.05) is 22.8 Å². The van der Waals surface area contributed by atoms with Crippen LogP contribution in [0.15, 0.2) is 34.9 Å². The lowest BCUT2D eigenvalue weighted by Crippen LogP contribution is -2.41. The summed E-state index contributed by atoms with van der Waals surface area (Å²) in [5.41, 5.74) is 0. The fourth-order valence-corrected chi connectivity index (χ4v) is 2.09. The van der Waals surface area contributed by atoms with Gasteiger partial charge in [0.25, 0.3) is 0 Å². The lowest BCUT2D eigenvalue weighted by Gasteiger charge is -2.23. The number of halogens is 1. The number of hydrogen-bond acceptors (Lipinski definition) is 5. The summed E-state index contributed by atoms with van der Waals surface area (Å²) in [6.07, 6.45) is 0. The molecule has 0 aliphatic heterocycles. The van der Waals surface area contributed by atoms with E-state index in [2.05, 4.69) is 10.5 Å². The molecule has 1 aromatic heterocycles. The van der Waals surface area contributed by atoms with Crippen LogP contribution < -0.4 is 10.1 Å². The molecule has 0 fully saturated rings. The van der Waals surface area contributed by atoms with Gasteiger partial charge in [-0.15, -0.1) is 0 Å². The van der Waals surface area contributed by atoms with Gasteiger partial charge in [-0.3, -0.25) is 9.69 Å². The number of aromatic nitrogens is 1. The number of carbonyl (C=O) groups excluding carboxylic acids is 1. The van der Waals surface area contributed by atoms with Gasteiger partial charge in [0.15, 0.2) is 5.82 Å². The van der Waals surface area contributed by atoms with E-state index in [4.69, 9.17) is 20.9 Å². The Balaban J connectivity index is 1.77. The molecule has 2 aromatic rings. The largest absolute Gasteiger partial charge is 0.492 e. The monoisotopic (exact) mass is 337 g/mol. The molecule has 0 saturated carbocycles. The fraction of sp³-hybridized carbons (Fsp3) is 0.375. The molecule has 0 radical (unpaired) electrons. The molecule has 6 nitrogen and oxygen atoms in total. The van der Waals surface area contributed by atoms with E-state index in [0.29, 0.717) is 35.5 Å². The highest BCUT2D eigenvalue weighted by molar-refractivity contribution is 6.30. The van der Waals surface area contributed by atoms with Crippen LogP contribution in [0.5, 0.6) is 5.75 Å². The molecular weight excluding hydrogens is 318 g/mol. The van der Waals surface area contributed by atoms with Gasteiger partial charge in [-0.2, -0.15) is 0 Å². The number of likely N-dealkylation sites (N-methyl/N-ethyl adjacent to an activating group) is 1. The summed E-state index contributed by atoms with van der Waals surface area (Å²) in [5, 5.41) is 7.09. The number of nitrogens with zero attached hydrogens (tertiary/aromatic N) is 2. The SMILES string of the molecule is Cc1cc(NC(=O)C(C)N(C)CCOc2cccc(Cl)c2)no1. The average Bonchev–Trinajstić information content (AvgIpc) is 2.91. The third-order valence-electron chi connectivity index (χ3n) is 3.43. The maximum atomic E-state index is 12.1. The van der Waals surface area contributed by atoms with E-state index in [9.17, 15) is 4.79 Å². The number of benzene rings is 1. The molecule has 1 N–H and O–H groups in total. The minimum absolute atomic E-state index is 0.149. The predicted octanol–water partition coefficient (Wildman–Crippen LogP) is 2.97. The van der Waals surface area contributed by atoms with Crippen molar-refractivity contribution in [1.29, 1.82) is 0 Å². The highest BCUT2D eigenvalue weighted by atomic mass is 35.5. The Morgan fingerprint density at radius 1 is 1.48 bits per heavy atom.